The van der Waals surface area contributed by atoms with Gasteiger partial charge in [0.25, 0.3) is 0 Å². The Morgan fingerprint density at radius 3 is 2.11 bits per heavy atom. The number of aromatic nitrogens is 2. The van der Waals surface area contributed by atoms with E-state index in [0.717, 1.165) is 26.3 Å². The largest absolute Gasteiger partial charge is 0.507 e. The smallest absolute Gasteiger partial charge is 0.303 e. The van der Waals surface area contributed by atoms with Gasteiger partial charge in [-0.25, -0.2) is 9.97 Å². The number of nitrogens with one attached hydrogen (secondary N) is 2. The van der Waals surface area contributed by atoms with Crippen molar-refractivity contribution in [1.82, 2.24) is 15.3 Å². The summed E-state index contributed by atoms with van der Waals surface area (Å²) in [5.41, 5.74) is 1.86. The molecule has 5 atom stereocenters. The number of hydrogen-bond acceptors (Lipinski definition) is 13. The van der Waals surface area contributed by atoms with Crippen LogP contribution in [0.25, 0.3) is 22.5 Å². The minimum absolute atomic E-state index is 0.00358. The number of hydrogen-bond donors (Lipinski definition) is 3. The molecule has 3 N–H and O–H groups in total. The zero-order valence-electron chi connectivity index (χ0n) is 25.6. The van der Waals surface area contributed by atoms with Crippen LogP contribution in [0.2, 0.25) is 5.02 Å². The quantitative estimate of drug-likeness (QED) is 0.169. The zero-order chi connectivity index (χ0) is 34.2. The summed E-state index contributed by atoms with van der Waals surface area (Å²) >= 11 is 11.8. The van der Waals surface area contributed by atoms with Gasteiger partial charge in [0.2, 0.25) is 5.95 Å². The number of nitrogens with zero attached hydrogens (tertiary/aromatic N) is 2. The molecule has 47 heavy (non-hydrogen) atoms. The summed E-state index contributed by atoms with van der Waals surface area (Å²) in [6, 6.07) is 15.4. The minimum atomic E-state index is -1.40. The molecule has 0 bridgehead atoms. The van der Waals surface area contributed by atoms with E-state index in [1.807, 2.05) is 30.3 Å². The van der Waals surface area contributed by atoms with Gasteiger partial charge in [0.05, 0.1) is 11.4 Å². The molecule has 0 unspecified atom stereocenters. The van der Waals surface area contributed by atoms with Crippen molar-refractivity contribution in [3.63, 3.8) is 0 Å². The molecule has 0 aliphatic carbocycles. The predicted octanol–water partition coefficient (Wildman–Crippen LogP) is 3.54. The molecule has 0 saturated carbocycles. The molecule has 0 amide bonds. The lowest BCUT2D eigenvalue weighted by molar-refractivity contribution is -0.254. The molecule has 2 aromatic carbocycles. The van der Waals surface area contributed by atoms with Crippen molar-refractivity contribution in [3.8, 4) is 28.3 Å². The first kappa shape index (κ1) is 35.0. The number of esters is 4. The van der Waals surface area contributed by atoms with Gasteiger partial charge < -0.3 is 39.4 Å². The van der Waals surface area contributed by atoms with Crippen LogP contribution in [0.5, 0.6) is 5.75 Å². The monoisotopic (exact) mass is 686 g/mol. The third-order valence-corrected chi connectivity index (χ3v) is 6.97. The number of halogens is 1. The van der Waals surface area contributed by atoms with Crippen molar-refractivity contribution in [2.24, 2.45) is 0 Å². The van der Waals surface area contributed by atoms with Gasteiger partial charge in [0.1, 0.15) is 18.5 Å². The Balaban J connectivity index is 1.69. The summed E-state index contributed by atoms with van der Waals surface area (Å²) in [5, 5.41) is 16.5. The summed E-state index contributed by atoms with van der Waals surface area (Å²) in [7, 11) is 0. The van der Waals surface area contributed by atoms with Gasteiger partial charge in [0, 0.05) is 43.8 Å². The van der Waals surface area contributed by atoms with Gasteiger partial charge >= 0.3 is 23.9 Å². The fourth-order valence-electron chi connectivity index (χ4n) is 4.72. The second-order valence-corrected chi connectivity index (χ2v) is 11.1. The van der Waals surface area contributed by atoms with Crippen LogP contribution in [0.15, 0.2) is 54.6 Å². The number of ether oxygens (including phenoxy) is 5. The number of phenolic OH excluding ortho intramolecular Hbond substituents is 1. The van der Waals surface area contributed by atoms with Crippen LogP contribution >= 0.6 is 23.8 Å². The second-order valence-electron chi connectivity index (χ2n) is 10.2. The highest BCUT2D eigenvalue weighted by Gasteiger charge is 2.52. The highest BCUT2D eigenvalue weighted by atomic mass is 35.5. The highest BCUT2D eigenvalue weighted by Crippen LogP contribution is 2.33. The van der Waals surface area contributed by atoms with Crippen LogP contribution in [0, 0.1) is 0 Å². The van der Waals surface area contributed by atoms with E-state index in [1.165, 1.54) is 19.1 Å². The Kier molecular flexibility index (Phi) is 11.6. The topological polar surface area (TPSA) is 184 Å². The summed E-state index contributed by atoms with van der Waals surface area (Å²) in [5.74, 6) is -3.03. The van der Waals surface area contributed by atoms with E-state index in [-0.39, 0.29) is 16.8 Å². The molecule has 3 aromatic rings. The summed E-state index contributed by atoms with van der Waals surface area (Å²) < 4.78 is 27.5. The number of thiocarbonyl (C=S) groups is 1. The maximum absolute atomic E-state index is 12.2. The molecule has 0 radical (unpaired) electrons. The molecular weight excluding hydrogens is 656 g/mol. The lowest BCUT2D eigenvalue weighted by Crippen LogP contribution is -2.66. The molecule has 248 valence electrons. The Morgan fingerprint density at radius 2 is 1.47 bits per heavy atom. The van der Waals surface area contributed by atoms with Crippen LogP contribution in [0.3, 0.4) is 0 Å². The minimum Gasteiger partial charge on any atom is -0.507 e. The van der Waals surface area contributed by atoms with Crippen molar-refractivity contribution in [2.75, 3.05) is 11.9 Å². The number of aromatic hydroxyl groups is 1. The molecule has 4 rings (SSSR count). The second kappa shape index (κ2) is 15.6. The van der Waals surface area contributed by atoms with E-state index in [4.69, 9.17) is 47.5 Å². The van der Waals surface area contributed by atoms with E-state index in [2.05, 4.69) is 20.6 Å². The van der Waals surface area contributed by atoms with Crippen LogP contribution in [0.1, 0.15) is 27.7 Å². The Labute approximate surface area is 279 Å². The predicted molar refractivity (Wildman–Crippen MR) is 171 cm³/mol. The van der Waals surface area contributed by atoms with Crippen LogP contribution in [-0.4, -0.2) is 81.3 Å². The van der Waals surface area contributed by atoms with E-state index < -0.39 is 61.1 Å². The Hall–Kier alpha value is -4.86. The molecular formula is C31H31ClN4O10S. The van der Waals surface area contributed by atoms with Crippen molar-refractivity contribution in [2.45, 2.75) is 58.3 Å². The molecule has 16 heteroatoms. The summed E-state index contributed by atoms with van der Waals surface area (Å²) in [6.45, 7) is 4.13. The number of phenols is 1. The van der Waals surface area contributed by atoms with Crippen molar-refractivity contribution in [3.05, 3.63) is 59.6 Å². The lowest BCUT2D eigenvalue weighted by Gasteiger charge is -2.44. The number of benzene rings is 2. The van der Waals surface area contributed by atoms with Gasteiger partial charge in [-0.15, -0.1) is 0 Å². The van der Waals surface area contributed by atoms with Gasteiger partial charge in [-0.2, -0.15) is 0 Å². The van der Waals surface area contributed by atoms with Crippen molar-refractivity contribution < 1.29 is 48.0 Å². The van der Waals surface area contributed by atoms with Crippen molar-refractivity contribution >= 4 is 58.8 Å². The molecule has 1 aliphatic rings. The van der Waals surface area contributed by atoms with Gasteiger partial charge in [-0.1, -0.05) is 41.9 Å². The first-order valence-electron chi connectivity index (χ1n) is 14.1. The van der Waals surface area contributed by atoms with Crippen LogP contribution < -0.4 is 10.6 Å². The molecule has 1 fully saturated rings. The highest BCUT2D eigenvalue weighted by molar-refractivity contribution is 7.80. The van der Waals surface area contributed by atoms with E-state index in [9.17, 15) is 24.3 Å². The summed E-state index contributed by atoms with van der Waals surface area (Å²) in [6.07, 6.45) is -6.65. The van der Waals surface area contributed by atoms with E-state index in [0.29, 0.717) is 22.0 Å². The first-order valence-corrected chi connectivity index (χ1v) is 14.9. The SMILES string of the molecule is CC(=O)OC[C@H]1O[C@@H](NC(=S)Nc2nc(-c3ccccc3)cc(-c3cc(Cl)ccc3O)n2)[C@H](OC(C)=O)[C@@H](OC(C)=O)[C@@H]1OC(C)=O. The molecule has 2 heterocycles. The van der Waals surface area contributed by atoms with E-state index in [1.54, 1.807) is 12.1 Å². The Morgan fingerprint density at radius 1 is 0.851 bits per heavy atom. The summed E-state index contributed by atoms with van der Waals surface area (Å²) in [4.78, 5) is 57.0. The number of carbonyl (C=O) groups excluding carboxylic acids is 4. The molecule has 1 aliphatic heterocycles. The molecule has 1 saturated heterocycles. The zero-order valence-corrected chi connectivity index (χ0v) is 27.2. The number of anilines is 1. The van der Waals surface area contributed by atoms with Crippen LogP contribution in [-0.2, 0) is 42.9 Å². The lowest BCUT2D eigenvalue weighted by atomic mass is 9.97. The number of rotatable bonds is 9. The average Bonchev–Trinajstić information content (AvgIpc) is 3.00. The maximum atomic E-state index is 12.2. The third kappa shape index (κ3) is 9.57. The Bertz CT molecular complexity index is 1660. The van der Waals surface area contributed by atoms with Crippen LogP contribution in [0.4, 0.5) is 5.95 Å². The van der Waals surface area contributed by atoms with Gasteiger partial charge in [-0.05, 0) is 36.5 Å². The van der Waals surface area contributed by atoms with Crippen molar-refractivity contribution in [1.29, 1.82) is 0 Å². The fourth-order valence-corrected chi connectivity index (χ4v) is 5.10. The average molecular weight is 687 g/mol. The standard InChI is InChI=1S/C31H31ClN4O10S/c1-15(37)42-14-25-26(43-16(2)38)27(44-17(3)39)28(45-18(4)40)29(46-25)35-31(47)36-30-33-22(19-8-6-5-7-9-19)13-23(34-30)21-12-20(32)10-11-24(21)41/h5-13,25-29,41H,14H2,1-4H3,(H2,33,34,35,36,47)/t25-,26-,27+,28-,29-/m1/s1. The molecule has 1 aromatic heterocycles. The molecule has 0 spiro atoms. The van der Waals surface area contributed by atoms with Gasteiger partial charge in [0.15, 0.2) is 29.7 Å². The fraction of sp³-hybridized carbons (Fsp3) is 0.323. The normalized spacial score (nSPS) is 20.3. The molecule has 14 nitrogen and oxygen atoms in total. The number of carbonyl (C=O) groups is 4. The van der Waals surface area contributed by atoms with Gasteiger partial charge in [-0.3, -0.25) is 19.2 Å². The van der Waals surface area contributed by atoms with E-state index >= 15 is 0 Å². The third-order valence-electron chi connectivity index (χ3n) is 6.52. The maximum Gasteiger partial charge on any atom is 0.303 e. The first-order chi connectivity index (χ1) is 22.3.